The van der Waals surface area contributed by atoms with Gasteiger partial charge in [-0.05, 0) is 31.2 Å². The zero-order chi connectivity index (χ0) is 10.2. The highest BCUT2D eigenvalue weighted by molar-refractivity contribution is 5.41. The summed E-state index contributed by atoms with van der Waals surface area (Å²) < 4.78 is 0. The molecule has 0 amide bonds. The second-order valence-electron chi connectivity index (χ2n) is 4.46. The van der Waals surface area contributed by atoms with Crippen LogP contribution in [-0.4, -0.2) is 11.0 Å². The second kappa shape index (κ2) is 3.15. The summed E-state index contributed by atoms with van der Waals surface area (Å²) >= 11 is 0. The van der Waals surface area contributed by atoms with Gasteiger partial charge in [-0.15, -0.1) is 0 Å². The van der Waals surface area contributed by atoms with Crippen LogP contribution in [0.5, 0.6) is 0 Å². The summed E-state index contributed by atoms with van der Waals surface area (Å²) in [6.45, 7) is 4.48. The molecule has 1 fully saturated rings. The van der Waals surface area contributed by atoms with Crippen molar-refractivity contribution in [2.24, 2.45) is 5.41 Å². The number of hydrogen-bond acceptors (Lipinski definition) is 2. The van der Waals surface area contributed by atoms with Crippen molar-refractivity contribution in [3.8, 4) is 0 Å². The molecule has 14 heavy (non-hydrogen) atoms. The van der Waals surface area contributed by atoms with Gasteiger partial charge in [-0.3, -0.25) is 4.79 Å². The van der Waals surface area contributed by atoms with Gasteiger partial charge in [0.05, 0.1) is 5.69 Å². The molecule has 2 rings (SSSR count). The van der Waals surface area contributed by atoms with E-state index >= 15 is 0 Å². The number of nitrogens with one attached hydrogen (secondary N) is 2. The average molecular weight is 192 g/mol. The molecule has 3 heteroatoms. The van der Waals surface area contributed by atoms with Crippen molar-refractivity contribution in [3.05, 3.63) is 28.7 Å². The Balaban J connectivity index is 2.03. The van der Waals surface area contributed by atoms with E-state index in [1.165, 1.54) is 12.8 Å². The van der Waals surface area contributed by atoms with Crippen LogP contribution >= 0.6 is 0 Å². The van der Waals surface area contributed by atoms with Gasteiger partial charge in [-0.2, -0.15) is 0 Å². The van der Waals surface area contributed by atoms with Gasteiger partial charge >= 0.3 is 0 Å². The van der Waals surface area contributed by atoms with Crippen LogP contribution in [-0.2, 0) is 0 Å². The van der Waals surface area contributed by atoms with Gasteiger partial charge < -0.3 is 10.3 Å². The Bertz CT molecular complexity index is 359. The highest BCUT2D eigenvalue weighted by Gasteiger charge is 2.42. The van der Waals surface area contributed by atoms with Crippen LogP contribution in [0.3, 0.4) is 0 Å². The van der Waals surface area contributed by atoms with Crippen molar-refractivity contribution in [2.75, 3.05) is 5.32 Å². The molecule has 0 aliphatic heterocycles. The minimum absolute atomic E-state index is 0.0548. The Hall–Kier alpha value is -1.25. The molecule has 1 atom stereocenters. The van der Waals surface area contributed by atoms with Gasteiger partial charge in [0.25, 0.3) is 0 Å². The van der Waals surface area contributed by atoms with E-state index in [1.807, 2.05) is 6.07 Å². The number of hydrogen-bond donors (Lipinski definition) is 2. The quantitative estimate of drug-likeness (QED) is 0.769. The largest absolute Gasteiger partial charge is 0.381 e. The smallest absolute Gasteiger partial charge is 0.248 e. The Morgan fingerprint density at radius 1 is 1.50 bits per heavy atom. The first kappa shape index (κ1) is 9.31. The molecule has 0 spiro atoms. The molecule has 3 nitrogen and oxygen atoms in total. The molecular formula is C11H16N2O. The van der Waals surface area contributed by atoms with Crippen molar-refractivity contribution in [3.63, 3.8) is 0 Å². The van der Waals surface area contributed by atoms with E-state index in [4.69, 9.17) is 0 Å². The maximum atomic E-state index is 10.8. The van der Waals surface area contributed by atoms with Crippen LogP contribution in [0.1, 0.15) is 26.7 Å². The van der Waals surface area contributed by atoms with E-state index in [2.05, 4.69) is 24.1 Å². The molecule has 1 aliphatic rings. The first-order valence-corrected chi connectivity index (χ1v) is 5.05. The topological polar surface area (TPSA) is 44.9 Å². The number of anilines is 1. The van der Waals surface area contributed by atoms with Crippen molar-refractivity contribution >= 4 is 5.69 Å². The maximum Gasteiger partial charge on any atom is 0.248 e. The lowest BCUT2D eigenvalue weighted by molar-refractivity contribution is 0.493. The molecule has 1 aromatic rings. The van der Waals surface area contributed by atoms with Crippen LogP contribution in [0.2, 0.25) is 0 Å². The average Bonchev–Trinajstić information content (AvgIpc) is 2.89. The lowest BCUT2D eigenvalue weighted by Crippen LogP contribution is -2.25. The Kier molecular flexibility index (Phi) is 2.10. The monoisotopic (exact) mass is 192 g/mol. The third-order valence-corrected chi connectivity index (χ3v) is 3.25. The number of pyridine rings is 1. The summed E-state index contributed by atoms with van der Waals surface area (Å²) in [6.07, 6.45) is 4.32. The lowest BCUT2D eigenvalue weighted by Gasteiger charge is -2.21. The van der Waals surface area contributed by atoms with Crippen LogP contribution in [0.15, 0.2) is 23.1 Å². The van der Waals surface area contributed by atoms with Crippen LogP contribution < -0.4 is 10.9 Å². The van der Waals surface area contributed by atoms with Gasteiger partial charge in [-0.1, -0.05) is 6.92 Å². The standard InChI is InChI=1S/C11H16N2O/c1-8(11(2)5-6-11)13-9-3-4-10(14)12-7-9/h3-4,7-8,13H,5-6H2,1-2H3,(H,12,14). The molecule has 1 saturated carbocycles. The van der Waals surface area contributed by atoms with Gasteiger partial charge in [0.2, 0.25) is 5.56 Å². The van der Waals surface area contributed by atoms with E-state index in [0.717, 1.165) is 5.69 Å². The molecule has 1 heterocycles. The van der Waals surface area contributed by atoms with Gasteiger partial charge in [0, 0.05) is 18.3 Å². The molecule has 0 bridgehead atoms. The summed E-state index contributed by atoms with van der Waals surface area (Å²) in [5, 5.41) is 3.40. The number of aromatic nitrogens is 1. The highest BCUT2D eigenvalue weighted by atomic mass is 16.1. The third-order valence-electron chi connectivity index (χ3n) is 3.25. The van der Waals surface area contributed by atoms with Gasteiger partial charge in [0.1, 0.15) is 0 Å². The summed E-state index contributed by atoms with van der Waals surface area (Å²) in [6, 6.07) is 3.83. The van der Waals surface area contributed by atoms with Crippen molar-refractivity contribution < 1.29 is 0 Å². The number of aromatic amines is 1. The van der Waals surface area contributed by atoms with Crippen molar-refractivity contribution in [1.82, 2.24) is 4.98 Å². The zero-order valence-electron chi connectivity index (χ0n) is 8.63. The first-order chi connectivity index (χ1) is 6.60. The number of rotatable bonds is 3. The van der Waals surface area contributed by atoms with E-state index in [1.54, 1.807) is 12.3 Å². The fourth-order valence-corrected chi connectivity index (χ4v) is 1.55. The molecule has 0 aromatic carbocycles. The fourth-order valence-electron chi connectivity index (χ4n) is 1.55. The fraction of sp³-hybridized carbons (Fsp3) is 0.545. The Labute approximate surface area is 83.5 Å². The third kappa shape index (κ3) is 1.81. The zero-order valence-corrected chi connectivity index (χ0v) is 8.63. The predicted molar refractivity (Wildman–Crippen MR) is 57.5 cm³/mol. The van der Waals surface area contributed by atoms with Crippen LogP contribution in [0.4, 0.5) is 5.69 Å². The van der Waals surface area contributed by atoms with Crippen molar-refractivity contribution in [2.45, 2.75) is 32.7 Å². The molecule has 0 saturated heterocycles. The first-order valence-electron chi connectivity index (χ1n) is 5.05. The predicted octanol–water partition coefficient (Wildman–Crippen LogP) is 1.98. The molecule has 1 aromatic heterocycles. The van der Waals surface area contributed by atoms with Crippen molar-refractivity contribution in [1.29, 1.82) is 0 Å². The van der Waals surface area contributed by atoms with E-state index < -0.39 is 0 Å². The summed E-state index contributed by atoms with van der Waals surface area (Å²) in [5.41, 5.74) is 1.39. The molecule has 1 unspecified atom stereocenters. The minimum atomic E-state index is -0.0548. The summed E-state index contributed by atoms with van der Waals surface area (Å²) in [5.74, 6) is 0. The minimum Gasteiger partial charge on any atom is -0.381 e. The van der Waals surface area contributed by atoms with E-state index in [9.17, 15) is 4.79 Å². The molecule has 2 N–H and O–H groups in total. The summed E-state index contributed by atoms with van der Waals surface area (Å²) in [4.78, 5) is 13.5. The molecule has 0 radical (unpaired) electrons. The normalized spacial score (nSPS) is 20.1. The maximum absolute atomic E-state index is 10.8. The second-order valence-corrected chi connectivity index (χ2v) is 4.46. The van der Waals surface area contributed by atoms with E-state index in [-0.39, 0.29) is 5.56 Å². The van der Waals surface area contributed by atoms with Gasteiger partial charge in [0.15, 0.2) is 0 Å². The Morgan fingerprint density at radius 3 is 2.71 bits per heavy atom. The van der Waals surface area contributed by atoms with E-state index in [0.29, 0.717) is 11.5 Å². The number of H-pyrrole nitrogens is 1. The lowest BCUT2D eigenvalue weighted by atomic mass is 10.0. The highest BCUT2D eigenvalue weighted by Crippen LogP contribution is 2.48. The Morgan fingerprint density at radius 2 is 2.21 bits per heavy atom. The summed E-state index contributed by atoms with van der Waals surface area (Å²) in [7, 11) is 0. The molecular weight excluding hydrogens is 176 g/mol. The SMILES string of the molecule is CC(Nc1ccc(=O)[nH]c1)C1(C)CC1. The van der Waals surface area contributed by atoms with Crippen LogP contribution in [0, 0.1) is 5.41 Å². The molecule has 1 aliphatic carbocycles. The molecule has 76 valence electrons. The van der Waals surface area contributed by atoms with Gasteiger partial charge in [-0.25, -0.2) is 0 Å². The van der Waals surface area contributed by atoms with Crippen LogP contribution in [0.25, 0.3) is 0 Å².